The van der Waals surface area contributed by atoms with Gasteiger partial charge in [-0.05, 0) is 24.8 Å². The number of morpholine rings is 1. The van der Waals surface area contributed by atoms with E-state index in [0.717, 1.165) is 38.1 Å². The Labute approximate surface area is 93.2 Å². The molecule has 0 saturated carbocycles. The van der Waals surface area contributed by atoms with Crippen LogP contribution in [0.3, 0.4) is 0 Å². The molecule has 2 saturated heterocycles. The third-order valence-electron chi connectivity index (χ3n) is 3.72. The largest absolute Gasteiger partial charge is 0.374 e. The van der Waals surface area contributed by atoms with E-state index in [-0.39, 0.29) is 0 Å². The molecule has 0 radical (unpaired) electrons. The van der Waals surface area contributed by atoms with Gasteiger partial charge in [-0.15, -0.1) is 0 Å². The van der Waals surface area contributed by atoms with Gasteiger partial charge in [0, 0.05) is 26.2 Å². The second kappa shape index (κ2) is 5.28. The van der Waals surface area contributed by atoms with E-state index in [9.17, 15) is 0 Å². The first-order valence-electron chi connectivity index (χ1n) is 6.30. The Balaban J connectivity index is 1.71. The van der Waals surface area contributed by atoms with Gasteiger partial charge in [0.15, 0.2) is 0 Å². The van der Waals surface area contributed by atoms with Gasteiger partial charge in [-0.2, -0.15) is 0 Å². The number of ether oxygens (including phenoxy) is 1. The Morgan fingerprint density at radius 1 is 1.47 bits per heavy atom. The molecule has 0 aliphatic carbocycles. The molecule has 0 spiro atoms. The van der Waals surface area contributed by atoms with Crippen LogP contribution in [0.4, 0.5) is 0 Å². The van der Waals surface area contributed by atoms with Crippen LogP contribution >= 0.6 is 0 Å². The number of nitrogens with one attached hydrogen (secondary N) is 1. The number of likely N-dealkylation sites (tertiary alicyclic amines) is 1. The van der Waals surface area contributed by atoms with Crippen molar-refractivity contribution in [2.24, 2.45) is 11.8 Å². The first-order chi connectivity index (χ1) is 7.25. The Bertz CT molecular complexity index is 190. The topological polar surface area (TPSA) is 24.5 Å². The zero-order valence-electron chi connectivity index (χ0n) is 10.0. The first-order valence-corrected chi connectivity index (χ1v) is 6.30. The van der Waals surface area contributed by atoms with Crippen LogP contribution in [0.1, 0.15) is 20.3 Å². The monoisotopic (exact) mass is 212 g/mol. The Kier molecular flexibility index (Phi) is 4.00. The van der Waals surface area contributed by atoms with E-state index in [4.69, 9.17) is 4.74 Å². The summed E-state index contributed by atoms with van der Waals surface area (Å²) in [6.07, 6.45) is 1.79. The smallest absolute Gasteiger partial charge is 0.0826 e. The molecule has 15 heavy (non-hydrogen) atoms. The van der Waals surface area contributed by atoms with Gasteiger partial charge in [0.05, 0.1) is 12.7 Å². The molecular weight excluding hydrogens is 188 g/mol. The molecule has 2 aliphatic heterocycles. The van der Waals surface area contributed by atoms with Crippen LogP contribution in [0.5, 0.6) is 0 Å². The lowest BCUT2D eigenvalue weighted by molar-refractivity contribution is 0.00878. The van der Waals surface area contributed by atoms with Crippen molar-refractivity contribution in [1.29, 1.82) is 0 Å². The summed E-state index contributed by atoms with van der Waals surface area (Å²) < 4.78 is 5.73. The van der Waals surface area contributed by atoms with Crippen LogP contribution < -0.4 is 5.32 Å². The highest BCUT2D eigenvalue weighted by molar-refractivity contribution is 4.81. The van der Waals surface area contributed by atoms with Crippen LogP contribution in [0.15, 0.2) is 0 Å². The summed E-state index contributed by atoms with van der Waals surface area (Å²) in [4.78, 5) is 2.57. The molecule has 2 atom stereocenters. The van der Waals surface area contributed by atoms with Gasteiger partial charge in [-0.3, -0.25) is 0 Å². The quantitative estimate of drug-likeness (QED) is 0.754. The molecule has 0 amide bonds. The van der Waals surface area contributed by atoms with Crippen molar-refractivity contribution in [2.75, 3.05) is 39.3 Å². The van der Waals surface area contributed by atoms with E-state index >= 15 is 0 Å². The van der Waals surface area contributed by atoms with Crippen molar-refractivity contribution in [1.82, 2.24) is 10.2 Å². The van der Waals surface area contributed by atoms with Crippen LogP contribution in [-0.2, 0) is 4.74 Å². The molecule has 0 bridgehead atoms. The zero-order valence-corrected chi connectivity index (χ0v) is 10.0. The van der Waals surface area contributed by atoms with E-state index in [2.05, 4.69) is 24.1 Å². The molecule has 0 aromatic rings. The predicted molar refractivity (Wildman–Crippen MR) is 62.0 cm³/mol. The standard InChI is InChI=1S/C12H24N2O/c1-10(2)11-3-5-14(8-11)9-12-7-13-4-6-15-12/h10-13H,3-9H2,1-2H3. The maximum atomic E-state index is 5.73. The molecular formula is C12H24N2O. The predicted octanol–water partition coefficient (Wildman–Crippen LogP) is 0.953. The molecule has 2 rings (SSSR count). The summed E-state index contributed by atoms with van der Waals surface area (Å²) in [6, 6.07) is 0. The minimum atomic E-state index is 0.421. The van der Waals surface area contributed by atoms with Gasteiger partial charge >= 0.3 is 0 Å². The van der Waals surface area contributed by atoms with Crippen LogP contribution in [0.25, 0.3) is 0 Å². The fourth-order valence-electron chi connectivity index (χ4n) is 2.60. The van der Waals surface area contributed by atoms with E-state index < -0.39 is 0 Å². The summed E-state index contributed by atoms with van der Waals surface area (Å²) in [5.74, 6) is 1.74. The van der Waals surface area contributed by atoms with Gasteiger partial charge in [0.25, 0.3) is 0 Å². The average molecular weight is 212 g/mol. The molecule has 2 fully saturated rings. The zero-order chi connectivity index (χ0) is 10.7. The maximum absolute atomic E-state index is 5.73. The van der Waals surface area contributed by atoms with Gasteiger partial charge in [-0.1, -0.05) is 13.8 Å². The van der Waals surface area contributed by atoms with Gasteiger partial charge in [0.1, 0.15) is 0 Å². The van der Waals surface area contributed by atoms with E-state index in [0.29, 0.717) is 6.10 Å². The Morgan fingerprint density at radius 2 is 2.33 bits per heavy atom. The van der Waals surface area contributed by atoms with Crippen molar-refractivity contribution >= 4 is 0 Å². The fraction of sp³-hybridized carbons (Fsp3) is 1.00. The third-order valence-corrected chi connectivity index (χ3v) is 3.72. The van der Waals surface area contributed by atoms with E-state index in [1.54, 1.807) is 0 Å². The van der Waals surface area contributed by atoms with Crippen molar-refractivity contribution in [3.05, 3.63) is 0 Å². The van der Waals surface area contributed by atoms with Crippen LogP contribution in [0.2, 0.25) is 0 Å². The SMILES string of the molecule is CC(C)C1CCN(CC2CNCCO2)C1. The highest BCUT2D eigenvalue weighted by atomic mass is 16.5. The molecule has 2 aliphatic rings. The molecule has 3 heteroatoms. The summed E-state index contributed by atoms with van der Waals surface area (Å²) in [5.41, 5.74) is 0. The summed E-state index contributed by atoms with van der Waals surface area (Å²) in [7, 11) is 0. The molecule has 88 valence electrons. The normalized spacial score (nSPS) is 33.8. The molecule has 2 unspecified atom stereocenters. The highest BCUT2D eigenvalue weighted by Gasteiger charge is 2.27. The molecule has 2 heterocycles. The number of hydrogen-bond acceptors (Lipinski definition) is 3. The lowest BCUT2D eigenvalue weighted by Gasteiger charge is -2.28. The van der Waals surface area contributed by atoms with Crippen molar-refractivity contribution in [3.63, 3.8) is 0 Å². The lowest BCUT2D eigenvalue weighted by atomic mass is 9.95. The molecule has 1 N–H and O–H groups in total. The molecule has 0 aromatic carbocycles. The maximum Gasteiger partial charge on any atom is 0.0826 e. The van der Waals surface area contributed by atoms with E-state index in [1.165, 1.54) is 19.5 Å². The number of rotatable bonds is 3. The molecule has 3 nitrogen and oxygen atoms in total. The van der Waals surface area contributed by atoms with Crippen LogP contribution in [0, 0.1) is 11.8 Å². The van der Waals surface area contributed by atoms with Crippen molar-refractivity contribution < 1.29 is 4.74 Å². The second-order valence-electron chi connectivity index (χ2n) is 5.25. The highest BCUT2D eigenvalue weighted by Crippen LogP contribution is 2.23. The van der Waals surface area contributed by atoms with Crippen molar-refractivity contribution in [2.45, 2.75) is 26.4 Å². The molecule has 0 aromatic heterocycles. The summed E-state index contributed by atoms with van der Waals surface area (Å²) >= 11 is 0. The van der Waals surface area contributed by atoms with E-state index in [1.807, 2.05) is 0 Å². The minimum absolute atomic E-state index is 0.421. The summed E-state index contributed by atoms with van der Waals surface area (Å²) in [6.45, 7) is 11.3. The lowest BCUT2D eigenvalue weighted by Crippen LogP contribution is -2.44. The van der Waals surface area contributed by atoms with Gasteiger partial charge in [0.2, 0.25) is 0 Å². The average Bonchev–Trinajstić information content (AvgIpc) is 2.68. The third kappa shape index (κ3) is 3.16. The fourth-order valence-corrected chi connectivity index (χ4v) is 2.60. The number of nitrogens with zero attached hydrogens (tertiary/aromatic N) is 1. The van der Waals surface area contributed by atoms with Gasteiger partial charge < -0.3 is 15.0 Å². The van der Waals surface area contributed by atoms with Crippen LogP contribution in [-0.4, -0.2) is 50.3 Å². The Morgan fingerprint density at radius 3 is 2.93 bits per heavy atom. The summed E-state index contributed by atoms with van der Waals surface area (Å²) in [5, 5.41) is 3.39. The van der Waals surface area contributed by atoms with Crippen molar-refractivity contribution in [3.8, 4) is 0 Å². The second-order valence-corrected chi connectivity index (χ2v) is 5.25. The van der Waals surface area contributed by atoms with Gasteiger partial charge in [-0.25, -0.2) is 0 Å². The number of hydrogen-bond donors (Lipinski definition) is 1. The minimum Gasteiger partial charge on any atom is -0.374 e. The first kappa shape index (κ1) is 11.4. The Hall–Kier alpha value is -0.120.